The van der Waals surface area contributed by atoms with Gasteiger partial charge in [-0.15, -0.1) is 0 Å². The predicted molar refractivity (Wildman–Crippen MR) is 85.6 cm³/mol. The second kappa shape index (κ2) is 8.15. The minimum absolute atomic E-state index is 0.0223. The van der Waals surface area contributed by atoms with E-state index in [1.165, 1.54) is 0 Å². The Morgan fingerprint density at radius 1 is 1.32 bits per heavy atom. The smallest absolute Gasteiger partial charge is 0.275 e. The lowest BCUT2D eigenvalue weighted by Crippen LogP contribution is -3.15. The summed E-state index contributed by atoms with van der Waals surface area (Å²) in [6.45, 7) is 2.60. The highest BCUT2D eigenvalue weighted by Crippen LogP contribution is 2.09. The third-order valence-corrected chi connectivity index (χ3v) is 4.33. The van der Waals surface area contributed by atoms with E-state index in [0.717, 1.165) is 36.3 Å². The van der Waals surface area contributed by atoms with E-state index < -0.39 is 0 Å². The van der Waals surface area contributed by atoms with Crippen LogP contribution in [0.2, 0.25) is 5.02 Å². The number of quaternary nitrogens is 1. The number of amides is 2. The summed E-state index contributed by atoms with van der Waals surface area (Å²) in [6.07, 6.45) is 2.57. The van der Waals surface area contributed by atoms with Crippen LogP contribution >= 0.6 is 11.6 Å². The van der Waals surface area contributed by atoms with Gasteiger partial charge in [0.05, 0.1) is 19.0 Å². The average molecular weight is 325 g/mol. The first-order chi connectivity index (χ1) is 10.5. The molecule has 1 heterocycles. The van der Waals surface area contributed by atoms with Crippen LogP contribution in [0.5, 0.6) is 0 Å². The fourth-order valence-corrected chi connectivity index (χ4v) is 2.97. The summed E-state index contributed by atoms with van der Waals surface area (Å²) in [7, 11) is 0. The Balaban J connectivity index is 1.69. The van der Waals surface area contributed by atoms with E-state index in [1.54, 1.807) is 0 Å². The molecule has 0 saturated carbocycles. The normalized spacial score (nSPS) is 21.3. The van der Waals surface area contributed by atoms with Gasteiger partial charge in [-0.1, -0.05) is 23.7 Å². The van der Waals surface area contributed by atoms with Gasteiger partial charge >= 0.3 is 0 Å². The predicted octanol–water partition coefficient (Wildman–Crippen LogP) is -0.221. The van der Waals surface area contributed by atoms with Gasteiger partial charge in [0.2, 0.25) is 5.91 Å². The van der Waals surface area contributed by atoms with E-state index in [4.69, 9.17) is 17.3 Å². The maximum Gasteiger partial charge on any atom is 0.275 e. The Labute approximate surface area is 135 Å². The van der Waals surface area contributed by atoms with Crippen LogP contribution in [0.4, 0.5) is 0 Å². The molecule has 2 amide bonds. The van der Waals surface area contributed by atoms with Crippen molar-refractivity contribution in [3.63, 3.8) is 0 Å². The molecule has 1 aliphatic heterocycles. The Hall–Kier alpha value is -1.59. The van der Waals surface area contributed by atoms with Gasteiger partial charge in [-0.3, -0.25) is 9.59 Å². The van der Waals surface area contributed by atoms with Gasteiger partial charge < -0.3 is 16.0 Å². The van der Waals surface area contributed by atoms with Gasteiger partial charge in [0.1, 0.15) is 0 Å². The van der Waals surface area contributed by atoms with Crippen LogP contribution in [0.15, 0.2) is 24.3 Å². The molecule has 1 saturated heterocycles. The molecule has 1 aliphatic rings. The van der Waals surface area contributed by atoms with Gasteiger partial charge in [0, 0.05) is 11.6 Å². The molecule has 1 aromatic rings. The molecule has 0 radical (unpaired) electrons. The first-order valence-electron chi connectivity index (χ1n) is 7.68. The van der Waals surface area contributed by atoms with E-state index in [0.29, 0.717) is 24.7 Å². The SMILES string of the molecule is NC(=O)[C@H]1CCC[NH+](CC(=O)NCCc2ccc(Cl)cc2)C1. The van der Waals surface area contributed by atoms with Gasteiger partial charge in [-0.25, -0.2) is 0 Å². The van der Waals surface area contributed by atoms with Crippen LogP contribution in [-0.4, -0.2) is 38.0 Å². The van der Waals surface area contributed by atoms with Crippen LogP contribution in [0.25, 0.3) is 0 Å². The van der Waals surface area contributed by atoms with Crippen molar-refractivity contribution < 1.29 is 14.5 Å². The summed E-state index contributed by atoms with van der Waals surface area (Å²) in [4.78, 5) is 24.3. The second-order valence-electron chi connectivity index (χ2n) is 5.85. The third-order valence-electron chi connectivity index (χ3n) is 4.08. The summed E-state index contributed by atoms with van der Waals surface area (Å²) in [5.74, 6) is -0.319. The highest BCUT2D eigenvalue weighted by atomic mass is 35.5. The van der Waals surface area contributed by atoms with E-state index >= 15 is 0 Å². The van der Waals surface area contributed by atoms with Crippen molar-refractivity contribution in [2.75, 3.05) is 26.2 Å². The number of primary amides is 1. The number of nitrogens with two attached hydrogens (primary N) is 1. The lowest BCUT2D eigenvalue weighted by Gasteiger charge is -2.27. The number of carbonyl (C=O) groups excluding carboxylic acids is 2. The number of nitrogens with one attached hydrogen (secondary N) is 2. The summed E-state index contributed by atoms with van der Waals surface area (Å²) in [5, 5.41) is 3.64. The molecular formula is C16H23ClN3O2+. The lowest BCUT2D eigenvalue weighted by atomic mass is 9.97. The minimum Gasteiger partial charge on any atom is -0.369 e. The number of carbonyl (C=O) groups is 2. The van der Waals surface area contributed by atoms with Gasteiger partial charge in [0.15, 0.2) is 6.54 Å². The molecule has 1 unspecified atom stereocenters. The van der Waals surface area contributed by atoms with Crippen LogP contribution in [0.3, 0.4) is 0 Å². The minimum atomic E-state index is -0.250. The largest absolute Gasteiger partial charge is 0.369 e. The Morgan fingerprint density at radius 2 is 2.05 bits per heavy atom. The van der Waals surface area contributed by atoms with E-state index in [-0.39, 0.29) is 17.7 Å². The zero-order chi connectivity index (χ0) is 15.9. The van der Waals surface area contributed by atoms with E-state index in [9.17, 15) is 9.59 Å². The van der Waals surface area contributed by atoms with Crippen molar-refractivity contribution in [1.82, 2.24) is 5.32 Å². The third kappa shape index (κ3) is 5.31. The molecule has 2 atom stereocenters. The summed E-state index contributed by atoms with van der Waals surface area (Å²) < 4.78 is 0. The zero-order valence-corrected chi connectivity index (χ0v) is 13.4. The van der Waals surface area contributed by atoms with Crippen LogP contribution in [0.1, 0.15) is 18.4 Å². The number of hydrogen-bond donors (Lipinski definition) is 3. The van der Waals surface area contributed by atoms with E-state index in [1.807, 2.05) is 24.3 Å². The molecule has 0 aromatic heterocycles. The van der Waals surface area contributed by atoms with Crippen molar-refractivity contribution in [3.05, 3.63) is 34.9 Å². The van der Waals surface area contributed by atoms with Crippen molar-refractivity contribution in [2.45, 2.75) is 19.3 Å². The quantitative estimate of drug-likeness (QED) is 0.676. The van der Waals surface area contributed by atoms with Gasteiger partial charge in [-0.2, -0.15) is 0 Å². The molecule has 22 heavy (non-hydrogen) atoms. The standard InChI is InChI=1S/C16H22ClN3O2/c17-14-5-3-12(4-6-14)7-8-19-15(21)11-20-9-1-2-13(10-20)16(18)22/h3-6,13H,1-2,7-11H2,(H2,18,22)(H,19,21)/p+1/t13-/m0/s1. The monoisotopic (exact) mass is 324 g/mol. The fraction of sp³-hybridized carbons (Fsp3) is 0.500. The molecule has 2 rings (SSSR count). The van der Waals surface area contributed by atoms with E-state index in [2.05, 4.69) is 5.32 Å². The Morgan fingerprint density at radius 3 is 2.73 bits per heavy atom. The highest BCUT2D eigenvalue weighted by Gasteiger charge is 2.28. The number of piperidine rings is 1. The van der Waals surface area contributed by atoms with Crippen molar-refractivity contribution >= 4 is 23.4 Å². The number of likely N-dealkylation sites (tertiary alicyclic amines) is 1. The molecule has 6 heteroatoms. The summed E-state index contributed by atoms with van der Waals surface area (Å²) >= 11 is 5.83. The lowest BCUT2D eigenvalue weighted by molar-refractivity contribution is -0.899. The summed E-state index contributed by atoms with van der Waals surface area (Å²) in [6, 6.07) is 7.62. The zero-order valence-electron chi connectivity index (χ0n) is 12.6. The Bertz CT molecular complexity index is 519. The molecule has 0 bridgehead atoms. The number of hydrogen-bond acceptors (Lipinski definition) is 2. The Kier molecular flexibility index (Phi) is 6.21. The topological polar surface area (TPSA) is 76.6 Å². The molecule has 120 valence electrons. The first kappa shape index (κ1) is 16.8. The van der Waals surface area contributed by atoms with Crippen molar-refractivity contribution in [3.8, 4) is 0 Å². The second-order valence-corrected chi connectivity index (χ2v) is 6.29. The van der Waals surface area contributed by atoms with Crippen LogP contribution < -0.4 is 16.0 Å². The number of rotatable bonds is 6. The number of halogens is 1. The molecule has 1 aromatic carbocycles. The highest BCUT2D eigenvalue weighted by molar-refractivity contribution is 6.30. The summed E-state index contributed by atoms with van der Waals surface area (Å²) in [5.41, 5.74) is 6.50. The van der Waals surface area contributed by atoms with Crippen LogP contribution in [0, 0.1) is 5.92 Å². The molecule has 0 aliphatic carbocycles. The van der Waals surface area contributed by atoms with Crippen molar-refractivity contribution in [1.29, 1.82) is 0 Å². The molecule has 5 nitrogen and oxygen atoms in total. The molecule has 0 spiro atoms. The molecular weight excluding hydrogens is 302 g/mol. The fourth-order valence-electron chi connectivity index (χ4n) is 2.84. The van der Waals surface area contributed by atoms with Crippen LogP contribution in [-0.2, 0) is 16.0 Å². The van der Waals surface area contributed by atoms with Crippen molar-refractivity contribution in [2.24, 2.45) is 11.7 Å². The van der Waals surface area contributed by atoms with Gasteiger partial charge in [0.25, 0.3) is 5.91 Å². The van der Waals surface area contributed by atoms with Gasteiger partial charge in [-0.05, 0) is 37.0 Å². The molecule has 4 N–H and O–H groups in total. The maximum atomic E-state index is 12.0. The maximum absolute atomic E-state index is 12.0. The average Bonchev–Trinajstić information content (AvgIpc) is 2.49. The number of benzene rings is 1. The molecule has 1 fully saturated rings. The first-order valence-corrected chi connectivity index (χ1v) is 8.06.